The molecule has 8 heteroatoms. The lowest BCUT2D eigenvalue weighted by atomic mass is 10.1. The number of nitrogens with one attached hydrogen (secondary N) is 1. The molecule has 1 N–H and O–H groups in total. The zero-order chi connectivity index (χ0) is 18.0. The number of amides is 2. The number of nitrogens with zero attached hydrogens (tertiary/aromatic N) is 4. The van der Waals surface area contributed by atoms with Gasteiger partial charge in [0.15, 0.2) is 5.82 Å². The Kier molecular flexibility index (Phi) is 4.80. The molecule has 2 amide bonds. The summed E-state index contributed by atoms with van der Waals surface area (Å²) in [6.45, 7) is 3.53. The van der Waals surface area contributed by atoms with Gasteiger partial charge in [-0.25, -0.2) is 0 Å². The van der Waals surface area contributed by atoms with Gasteiger partial charge in [-0.05, 0) is 32.2 Å². The average Bonchev–Trinajstić information content (AvgIpc) is 3.07. The Morgan fingerprint density at radius 2 is 2.04 bits per heavy atom. The van der Waals surface area contributed by atoms with Gasteiger partial charge in [-0.15, -0.1) is 0 Å². The van der Waals surface area contributed by atoms with Crippen LogP contribution in [0.25, 0.3) is 0 Å². The molecule has 0 saturated carbocycles. The third-order valence-electron chi connectivity index (χ3n) is 4.36. The standard InChI is InChI=1S/C17H21N5O3/c1-11-19-16(25-20-11)14-10-22(8-7-21(14)3)17(24)13-6-4-5-12(9-13)15(23)18-2/h4-6,9,14H,7-8,10H2,1-3H3,(H,18,23)/t14-/m1/s1. The summed E-state index contributed by atoms with van der Waals surface area (Å²) < 4.78 is 5.28. The SMILES string of the molecule is CNC(=O)c1cccc(C(=O)N2CCN(C)[C@@H](c3nc(C)no3)C2)c1. The Labute approximate surface area is 145 Å². The van der Waals surface area contributed by atoms with Crippen LogP contribution in [0, 0.1) is 6.92 Å². The van der Waals surface area contributed by atoms with Gasteiger partial charge >= 0.3 is 0 Å². The molecule has 0 aliphatic carbocycles. The molecule has 0 spiro atoms. The predicted octanol–water partition coefficient (Wildman–Crippen LogP) is 0.867. The molecule has 1 aromatic heterocycles. The zero-order valence-corrected chi connectivity index (χ0v) is 14.5. The molecule has 3 rings (SSSR count). The number of likely N-dealkylation sites (N-methyl/N-ethyl adjacent to an activating group) is 1. The van der Waals surface area contributed by atoms with E-state index in [1.807, 2.05) is 7.05 Å². The molecular formula is C17H21N5O3. The maximum Gasteiger partial charge on any atom is 0.253 e. The number of hydrogen-bond acceptors (Lipinski definition) is 6. The Balaban J connectivity index is 1.79. The first kappa shape index (κ1) is 17.1. The molecule has 25 heavy (non-hydrogen) atoms. The Morgan fingerprint density at radius 3 is 2.72 bits per heavy atom. The summed E-state index contributed by atoms with van der Waals surface area (Å²) in [5.74, 6) is 0.758. The Morgan fingerprint density at radius 1 is 1.28 bits per heavy atom. The van der Waals surface area contributed by atoms with Gasteiger partial charge in [-0.3, -0.25) is 14.5 Å². The van der Waals surface area contributed by atoms with Crippen molar-refractivity contribution in [2.24, 2.45) is 0 Å². The smallest absolute Gasteiger partial charge is 0.253 e. The first-order chi connectivity index (χ1) is 12.0. The molecule has 0 bridgehead atoms. The van der Waals surface area contributed by atoms with Crippen LogP contribution in [0.4, 0.5) is 0 Å². The summed E-state index contributed by atoms with van der Waals surface area (Å²) >= 11 is 0. The normalized spacial score (nSPS) is 18.2. The van der Waals surface area contributed by atoms with E-state index in [4.69, 9.17) is 4.52 Å². The van der Waals surface area contributed by atoms with E-state index in [-0.39, 0.29) is 17.9 Å². The number of piperazine rings is 1. The van der Waals surface area contributed by atoms with Gasteiger partial charge in [0, 0.05) is 37.8 Å². The summed E-state index contributed by atoms with van der Waals surface area (Å²) in [6.07, 6.45) is 0. The lowest BCUT2D eigenvalue weighted by molar-refractivity contribution is 0.0489. The zero-order valence-electron chi connectivity index (χ0n) is 14.5. The second-order valence-corrected chi connectivity index (χ2v) is 6.09. The predicted molar refractivity (Wildman–Crippen MR) is 90.1 cm³/mol. The largest absolute Gasteiger partial charge is 0.355 e. The number of carbonyl (C=O) groups is 2. The van der Waals surface area contributed by atoms with Crippen LogP contribution in [-0.4, -0.2) is 65.5 Å². The van der Waals surface area contributed by atoms with Crippen molar-refractivity contribution in [3.8, 4) is 0 Å². The Hall–Kier alpha value is -2.74. The van der Waals surface area contributed by atoms with E-state index in [2.05, 4.69) is 20.4 Å². The topological polar surface area (TPSA) is 91.6 Å². The highest BCUT2D eigenvalue weighted by Crippen LogP contribution is 2.24. The fraction of sp³-hybridized carbons (Fsp3) is 0.412. The first-order valence-corrected chi connectivity index (χ1v) is 8.11. The number of benzene rings is 1. The molecule has 1 aliphatic heterocycles. The van der Waals surface area contributed by atoms with E-state index >= 15 is 0 Å². The molecule has 132 valence electrons. The van der Waals surface area contributed by atoms with Gasteiger partial charge < -0.3 is 14.7 Å². The summed E-state index contributed by atoms with van der Waals surface area (Å²) in [5, 5.41) is 6.40. The van der Waals surface area contributed by atoms with Gasteiger partial charge in [0.1, 0.15) is 6.04 Å². The lowest BCUT2D eigenvalue weighted by Gasteiger charge is -2.37. The van der Waals surface area contributed by atoms with Crippen LogP contribution in [0.1, 0.15) is 38.5 Å². The van der Waals surface area contributed by atoms with Crippen LogP contribution in [0.5, 0.6) is 0 Å². The molecule has 0 radical (unpaired) electrons. The highest BCUT2D eigenvalue weighted by atomic mass is 16.5. The third kappa shape index (κ3) is 3.53. The molecule has 1 aromatic carbocycles. The maximum absolute atomic E-state index is 12.9. The van der Waals surface area contributed by atoms with E-state index in [0.717, 1.165) is 0 Å². The van der Waals surface area contributed by atoms with Crippen LogP contribution >= 0.6 is 0 Å². The lowest BCUT2D eigenvalue weighted by Crippen LogP contribution is -2.49. The van der Waals surface area contributed by atoms with Crippen molar-refractivity contribution >= 4 is 11.8 Å². The van der Waals surface area contributed by atoms with Gasteiger partial charge in [-0.1, -0.05) is 11.2 Å². The summed E-state index contributed by atoms with van der Waals surface area (Å²) in [5.41, 5.74) is 0.956. The van der Waals surface area contributed by atoms with Crippen LogP contribution in [-0.2, 0) is 0 Å². The monoisotopic (exact) mass is 343 g/mol. The highest BCUT2D eigenvalue weighted by molar-refractivity contribution is 5.99. The first-order valence-electron chi connectivity index (χ1n) is 8.11. The van der Waals surface area contributed by atoms with Gasteiger partial charge in [0.05, 0.1) is 0 Å². The second-order valence-electron chi connectivity index (χ2n) is 6.09. The van der Waals surface area contributed by atoms with Crippen LogP contribution in [0.2, 0.25) is 0 Å². The minimum atomic E-state index is -0.216. The van der Waals surface area contributed by atoms with Crippen LogP contribution in [0.15, 0.2) is 28.8 Å². The van der Waals surface area contributed by atoms with E-state index in [1.54, 1.807) is 43.1 Å². The second kappa shape index (κ2) is 7.02. The maximum atomic E-state index is 12.9. The number of aromatic nitrogens is 2. The van der Waals surface area contributed by atoms with E-state index in [0.29, 0.717) is 42.5 Å². The molecule has 1 fully saturated rings. The molecular weight excluding hydrogens is 322 g/mol. The number of hydrogen-bond donors (Lipinski definition) is 1. The fourth-order valence-electron chi connectivity index (χ4n) is 2.89. The third-order valence-corrected chi connectivity index (χ3v) is 4.36. The molecule has 1 saturated heterocycles. The molecule has 0 unspecified atom stereocenters. The number of carbonyl (C=O) groups excluding carboxylic acids is 2. The van der Waals surface area contributed by atoms with Crippen molar-refractivity contribution < 1.29 is 14.1 Å². The van der Waals surface area contributed by atoms with Crippen molar-refractivity contribution in [1.29, 1.82) is 0 Å². The van der Waals surface area contributed by atoms with Crippen molar-refractivity contribution in [2.75, 3.05) is 33.7 Å². The quantitative estimate of drug-likeness (QED) is 0.889. The highest BCUT2D eigenvalue weighted by Gasteiger charge is 2.32. The summed E-state index contributed by atoms with van der Waals surface area (Å²) in [4.78, 5) is 32.8. The van der Waals surface area contributed by atoms with Crippen molar-refractivity contribution in [1.82, 2.24) is 25.3 Å². The van der Waals surface area contributed by atoms with E-state index < -0.39 is 0 Å². The minimum Gasteiger partial charge on any atom is -0.355 e. The fourth-order valence-corrected chi connectivity index (χ4v) is 2.89. The molecule has 1 atom stereocenters. The summed E-state index contributed by atoms with van der Waals surface area (Å²) in [7, 11) is 3.53. The number of aryl methyl sites for hydroxylation is 1. The van der Waals surface area contributed by atoms with Gasteiger partial charge in [0.25, 0.3) is 11.8 Å². The Bertz CT molecular complexity index is 788. The molecule has 2 heterocycles. The number of rotatable bonds is 3. The van der Waals surface area contributed by atoms with Crippen LogP contribution in [0.3, 0.4) is 0 Å². The molecule has 1 aliphatic rings. The van der Waals surface area contributed by atoms with Gasteiger partial charge in [-0.2, -0.15) is 4.98 Å². The minimum absolute atomic E-state index is 0.111. The average molecular weight is 343 g/mol. The van der Waals surface area contributed by atoms with E-state index in [1.165, 1.54) is 0 Å². The molecule has 2 aromatic rings. The van der Waals surface area contributed by atoms with Crippen molar-refractivity contribution in [3.63, 3.8) is 0 Å². The van der Waals surface area contributed by atoms with E-state index in [9.17, 15) is 9.59 Å². The van der Waals surface area contributed by atoms with Gasteiger partial charge in [0.2, 0.25) is 5.89 Å². The molecule has 8 nitrogen and oxygen atoms in total. The van der Waals surface area contributed by atoms with Crippen molar-refractivity contribution in [3.05, 3.63) is 47.1 Å². The van der Waals surface area contributed by atoms with Crippen molar-refractivity contribution in [2.45, 2.75) is 13.0 Å². The summed E-state index contributed by atoms with van der Waals surface area (Å²) in [6, 6.07) is 6.60. The van der Waals surface area contributed by atoms with Crippen LogP contribution < -0.4 is 5.32 Å².